The van der Waals surface area contributed by atoms with Gasteiger partial charge in [-0.25, -0.2) is 4.79 Å². The molecule has 2 aliphatic rings. The molecule has 5 nitrogen and oxygen atoms in total. The first-order valence-electron chi connectivity index (χ1n) is 8.01. The molecular formula is C18H22N2O3. The molecule has 2 unspecified atom stereocenters. The van der Waals surface area contributed by atoms with E-state index in [-0.39, 0.29) is 11.5 Å². The number of carbonyl (C=O) groups excluding carboxylic acids is 1. The number of rotatable bonds is 2. The molecule has 3 rings (SSSR count). The van der Waals surface area contributed by atoms with Gasteiger partial charge in [0.25, 0.3) is 0 Å². The summed E-state index contributed by atoms with van der Waals surface area (Å²) >= 11 is 0. The summed E-state index contributed by atoms with van der Waals surface area (Å²) in [7, 11) is 0. The van der Waals surface area contributed by atoms with E-state index in [2.05, 4.69) is 29.4 Å². The maximum absolute atomic E-state index is 12.2. The molecule has 23 heavy (non-hydrogen) atoms. The Morgan fingerprint density at radius 2 is 2.30 bits per heavy atom. The van der Waals surface area contributed by atoms with Crippen LogP contribution in [0.25, 0.3) is 0 Å². The van der Waals surface area contributed by atoms with Crippen molar-refractivity contribution in [1.29, 1.82) is 0 Å². The molecule has 0 radical (unpaired) electrons. The van der Waals surface area contributed by atoms with Crippen LogP contribution in [0.3, 0.4) is 0 Å². The van der Waals surface area contributed by atoms with Gasteiger partial charge in [-0.1, -0.05) is 17.7 Å². The molecule has 2 atom stereocenters. The topological polar surface area (TPSA) is 71.2 Å². The number of fused-ring (bicyclic) bond motifs is 4. The Kier molecular flexibility index (Phi) is 3.88. The highest BCUT2D eigenvalue weighted by Crippen LogP contribution is 2.49. The monoisotopic (exact) mass is 314 g/mol. The van der Waals surface area contributed by atoms with E-state index in [1.54, 1.807) is 6.92 Å². The van der Waals surface area contributed by atoms with Crippen LogP contribution in [0.4, 0.5) is 4.79 Å². The van der Waals surface area contributed by atoms with Crippen LogP contribution in [0, 0.1) is 5.92 Å². The van der Waals surface area contributed by atoms with Gasteiger partial charge >= 0.3 is 6.09 Å². The molecule has 0 aromatic carbocycles. The maximum atomic E-state index is 12.2. The van der Waals surface area contributed by atoms with Crippen LogP contribution < -0.4 is 10.9 Å². The fraction of sp³-hybridized carbons (Fsp3) is 0.444. The quantitative estimate of drug-likeness (QED) is 0.825. The van der Waals surface area contributed by atoms with Crippen molar-refractivity contribution in [2.45, 2.75) is 39.2 Å². The molecule has 2 aliphatic carbocycles. The number of aromatic amines is 1. The van der Waals surface area contributed by atoms with Crippen molar-refractivity contribution in [3.05, 3.63) is 57.0 Å². The Morgan fingerprint density at radius 1 is 1.52 bits per heavy atom. The lowest BCUT2D eigenvalue weighted by molar-refractivity contribution is 0.138. The number of hydrogen-bond acceptors (Lipinski definition) is 3. The number of carbonyl (C=O) groups is 1. The smallest absolute Gasteiger partial charge is 0.408 e. The van der Waals surface area contributed by atoms with E-state index >= 15 is 0 Å². The van der Waals surface area contributed by atoms with Crippen LogP contribution in [0.5, 0.6) is 0 Å². The van der Waals surface area contributed by atoms with E-state index < -0.39 is 11.6 Å². The van der Waals surface area contributed by atoms with Crippen molar-refractivity contribution in [1.82, 2.24) is 10.3 Å². The minimum Gasteiger partial charge on any atom is -0.450 e. The van der Waals surface area contributed by atoms with Crippen LogP contribution in [0.1, 0.15) is 38.4 Å². The van der Waals surface area contributed by atoms with Gasteiger partial charge in [0.15, 0.2) is 0 Å². The summed E-state index contributed by atoms with van der Waals surface area (Å²) in [4.78, 5) is 26.8. The molecule has 1 aromatic heterocycles. The lowest BCUT2D eigenvalue weighted by Crippen LogP contribution is -2.53. The minimum atomic E-state index is -0.637. The Balaban J connectivity index is 2.19. The zero-order chi connectivity index (χ0) is 16.6. The average Bonchev–Trinajstić information content (AvgIpc) is 2.46. The Labute approximate surface area is 135 Å². The molecule has 1 heterocycles. The van der Waals surface area contributed by atoms with Crippen molar-refractivity contribution in [2.75, 3.05) is 6.61 Å². The Morgan fingerprint density at radius 3 is 3.00 bits per heavy atom. The number of ether oxygens (including phenoxy) is 1. The second-order valence-electron chi connectivity index (χ2n) is 6.21. The summed E-state index contributed by atoms with van der Waals surface area (Å²) in [5.74, 6) is 0.182. The number of H-pyrrole nitrogens is 1. The van der Waals surface area contributed by atoms with Crippen LogP contribution in [0.2, 0.25) is 0 Å². The number of pyridine rings is 1. The third-order valence-corrected chi connectivity index (χ3v) is 4.71. The lowest BCUT2D eigenvalue weighted by Gasteiger charge is -2.47. The van der Waals surface area contributed by atoms with E-state index in [0.29, 0.717) is 13.0 Å². The summed E-state index contributed by atoms with van der Waals surface area (Å²) in [5.41, 5.74) is 3.50. The molecule has 0 saturated heterocycles. The molecule has 2 bridgehead atoms. The van der Waals surface area contributed by atoms with Gasteiger partial charge in [0, 0.05) is 23.2 Å². The first-order chi connectivity index (χ1) is 11.0. The number of alkyl carbamates (subject to hydrolysis) is 1. The molecule has 0 aliphatic heterocycles. The predicted molar refractivity (Wildman–Crippen MR) is 88.2 cm³/mol. The first kappa shape index (κ1) is 15.6. The zero-order valence-corrected chi connectivity index (χ0v) is 13.7. The summed E-state index contributed by atoms with van der Waals surface area (Å²) in [5, 5.41) is 3.08. The highest BCUT2D eigenvalue weighted by Gasteiger charge is 2.48. The normalized spacial score (nSPS) is 27.2. The number of amides is 1. The Bertz CT molecular complexity index is 760. The standard InChI is InChI=1S/C18H22N2O3/c1-4-13-12-8-11(3)10-18(13,20-17(22)23-5-2)14-6-7-16(21)19-15(14)9-12/h4,6-8,12H,5,9-10H2,1-3H3,(H,19,21)(H,20,22). The summed E-state index contributed by atoms with van der Waals surface area (Å²) < 4.78 is 5.13. The molecule has 0 spiro atoms. The van der Waals surface area contributed by atoms with Crippen molar-refractivity contribution >= 4 is 6.09 Å². The summed E-state index contributed by atoms with van der Waals surface area (Å²) in [6.45, 7) is 6.19. The van der Waals surface area contributed by atoms with Gasteiger partial charge in [-0.05, 0) is 45.3 Å². The van der Waals surface area contributed by atoms with Crippen molar-refractivity contribution in [3.63, 3.8) is 0 Å². The van der Waals surface area contributed by atoms with Crippen molar-refractivity contribution < 1.29 is 9.53 Å². The lowest BCUT2D eigenvalue weighted by atomic mass is 9.63. The predicted octanol–water partition coefficient (Wildman–Crippen LogP) is 2.78. The van der Waals surface area contributed by atoms with Crippen LogP contribution >= 0.6 is 0 Å². The molecule has 0 fully saturated rings. The van der Waals surface area contributed by atoms with Gasteiger partial charge in [-0.15, -0.1) is 0 Å². The maximum Gasteiger partial charge on any atom is 0.408 e. The van der Waals surface area contributed by atoms with E-state index in [4.69, 9.17) is 4.74 Å². The number of allylic oxidation sites excluding steroid dienone is 2. The van der Waals surface area contributed by atoms with Crippen molar-refractivity contribution in [3.8, 4) is 0 Å². The third-order valence-electron chi connectivity index (χ3n) is 4.71. The number of aromatic nitrogens is 1. The highest BCUT2D eigenvalue weighted by molar-refractivity contribution is 5.71. The molecule has 1 amide bonds. The molecule has 0 saturated carbocycles. The number of hydrogen-bond donors (Lipinski definition) is 2. The van der Waals surface area contributed by atoms with Gasteiger partial charge in [0.05, 0.1) is 12.1 Å². The first-order valence-corrected chi connectivity index (χ1v) is 8.01. The highest BCUT2D eigenvalue weighted by atomic mass is 16.5. The molecule has 122 valence electrons. The van der Waals surface area contributed by atoms with Gasteiger partial charge in [0.1, 0.15) is 0 Å². The van der Waals surface area contributed by atoms with Crippen LogP contribution in [-0.4, -0.2) is 17.7 Å². The Hall–Kier alpha value is -2.30. The largest absolute Gasteiger partial charge is 0.450 e. The molecular weight excluding hydrogens is 292 g/mol. The second-order valence-corrected chi connectivity index (χ2v) is 6.21. The molecule has 5 heteroatoms. The summed E-state index contributed by atoms with van der Waals surface area (Å²) in [6, 6.07) is 3.35. The van der Waals surface area contributed by atoms with Gasteiger partial charge in [0.2, 0.25) is 5.56 Å². The summed E-state index contributed by atoms with van der Waals surface area (Å²) in [6.07, 6.45) is 5.30. The number of nitrogens with one attached hydrogen (secondary N) is 2. The second kappa shape index (κ2) is 5.72. The van der Waals surface area contributed by atoms with Crippen LogP contribution in [0.15, 0.2) is 40.2 Å². The van der Waals surface area contributed by atoms with E-state index in [9.17, 15) is 9.59 Å². The SMILES string of the molecule is CC=C1C2C=C(C)CC1(NC(=O)OCC)c1ccc(=O)[nH]c1C2. The van der Waals surface area contributed by atoms with Gasteiger partial charge < -0.3 is 15.0 Å². The fourth-order valence-corrected chi connectivity index (χ4v) is 4.03. The average molecular weight is 314 g/mol. The van der Waals surface area contributed by atoms with Crippen molar-refractivity contribution in [2.24, 2.45) is 5.92 Å². The zero-order valence-electron chi connectivity index (χ0n) is 13.7. The van der Waals surface area contributed by atoms with Gasteiger partial charge in [-0.3, -0.25) is 4.79 Å². The van der Waals surface area contributed by atoms with E-state index in [1.807, 2.05) is 13.0 Å². The molecule has 2 N–H and O–H groups in total. The van der Waals surface area contributed by atoms with Crippen LogP contribution in [-0.2, 0) is 16.7 Å². The van der Waals surface area contributed by atoms with E-state index in [1.165, 1.54) is 11.6 Å². The molecule has 1 aromatic rings. The van der Waals surface area contributed by atoms with E-state index in [0.717, 1.165) is 23.3 Å². The third kappa shape index (κ3) is 2.50. The minimum absolute atomic E-state index is 0.113. The van der Waals surface area contributed by atoms with Gasteiger partial charge in [-0.2, -0.15) is 0 Å². The fourth-order valence-electron chi connectivity index (χ4n) is 4.03.